The van der Waals surface area contributed by atoms with Crippen LogP contribution in [0.5, 0.6) is 5.75 Å². The minimum Gasteiger partial charge on any atom is -0.489 e. The molecule has 3 aromatic carbocycles. The van der Waals surface area contributed by atoms with Crippen LogP contribution < -0.4 is 10.2 Å². The maximum absolute atomic E-state index is 11.4. The number of hydrogen-bond donors (Lipinski definition) is 2. The number of hydroxylamine groups is 1. The number of para-hydroxylation sites is 1. The third-order valence-corrected chi connectivity index (χ3v) is 4.44. The van der Waals surface area contributed by atoms with E-state index in [2.05, 4.69) is 18.2 Å². The van der Waals surface area contributed by atoms with Gasteiger partial charge in [-0.1, -0.05) is 60.7 Å². The highest BCUT2D eigenvalue weighted by Crippen LogP contribution is 2.21. The van der Waals surface area contributed by atoms with Gasteiger partial charge in [-0.2, -0.15) is 0 Å². The lowest BCUT2D eigenvalue weighted by Gasteiger charge is -2.12. The third kappa shape index (κ3) is 5.43. The number of ether oxygens (including phenoxy) is 1. The molecule has 0 aromatic heterocycles. The topological polar surface area (TPSA) is 58.6 Å². The monoisotopic (exact) mass is 361 g/mol. The van der Waals surface area contributed by atoms with Gasteiger partial charge in [0.1, 0.15) is 12.4 Å². The fourth-order valence-electron chi connectivity index (χ4n) is 2.96. The Hall–Kier alpha value is -3.11. The Bertz CT molecular complexity index is 860. The van der Waals surface area contributed by atoms with Crippen LogP contribution in [0.4, 0.5) is 0 Å². The molecule has 0 radical (unpaired) electrons. The molecule has 1 amide bonds. The number of carbonyl (C=O) groups is 1. The lowest BCUT2D eigenvalue weighted by molar-refractivity contribution is 0.0706. The van der Waals surface area contributed by atoms with Gasteiger partial charge < -0.3 is 4.74 Å². The first-order valence-corrected chi connectivity index (χ1v) is 9.04. The largest absolute Gasteiger partial charge is 0.489 e. The van der Waals surface area contributed by atoms with E-state index in [0.29, 0.717) is 12.2 Å². The summed E-state index contributed by atoms with van der Waals surface area (Å²) in [5, 5.41) is 8.66. The zero-order chi connectivity index (χ0) is 18.9. The molecule has 138 valence electrons. The molecule has 0 fully saturated rings. The molecule has 0 heterocycles. The first-order valence-electron chi connectivity index (χ1n) is 9.04. The molecular weight excluding hydrogens is 338 g/mol. The van der Waals surface area contributed by atoms with Gasteiger partial charge in [-0.15, -0.1) is 0 Å². The molecule has 27 heavy (non-hydrogen) atoms. The summed E-state index contributed by atoms with van der Waals surface area (Å²) in [6.07, 6.45) is 2.81. The van der Waals surface area contributed by atoms with Crippen molar-refractivity contribution in [3.05, 3.63) is 101 Å². The van der Waals surface area contributed by atoms with E-state index in [1.54, 1.807) is 17.6 Å². The van der Waals surface area contributed by atoms with Crippen LogP contribution in [0.3, 0.4) is 0 Å². The standard InChI is InChI=1S/C23H23NO3/c25-23(24-26)21-15-13-18(14-16-21)9-6-11-20-10-4-5-12-22(20)27-17-19-7-2-1-3-8-19/h1-5,7-8,10,12-16,26H,6,9,11,17H2,(H,24,25). The summed E-state index contributed by atoms with van der Waals surface area (Å²) in [6, 6.07) is 25.6. The van der Waals surface area contributed by atoms with Gasteiger partial charge in [0.2, 0.25) is 0 Å². The van der Waals surface area contributed by atoms with Crippen LogP contribution in [0.2, 0.25) is 0 Å². The zero-order valence-electron chi connectivity index (χ0n) is 15.1. The molecule has 0 unspecified atom stereocenters. The molecule has 0 bridgehead atoms. The fraction of sp³-hybridized carbons (Fsp3) is 0.174. The first-order chi connectivity index (χ1) is 13.3. The summed E-state index contributed by atoms with van der Waals surface area (Å²) in [4.78, 5) is 11.4. The summed E-state index contributed by atoms with van der Waals surface area (Å²) >= 11 is 0. The van der Waals surface area contributed by atoms with Gasteiger partial charge in [0.15, 0.2) is 0 Å². The SMILES string of the molecule is O=C(NO)c1ccc(CCCc2ccccc2OCc2ccccc2)cc1. The van der Waals surface area contributed by atoms with Crippen LogP contribution in [0.1, 0.15) is 33.5 Å². The number of amides is 1. The average molecular weight is 361 g/mol. The summed E-state index contributed by atoms with van der Waals surface area (Å²) in [5.74, 6) is 0.433. The second kappa shape index (κ2) is 9.55. The van der Waals surface area contributed by atoms with Gasteiger partial charge in [0.25, 0.3) is 5.91 Å². The maximum Gasteiger partial charge on any atom is 0.274 e. The normalized spacial score (nSPS) is 10.4. The summed E-state index contributed by atoms with van der Waals surface area (Å²) in [7, 11) is 0. The quantitative estimate of drug-likeness (QED) is 0.457. The Morgan fingerprint density at radius 2 is 1.52 bits per heavy atom. The highest BCUT2D eigenvalue weighted by molar-refractivity contribution is 5.93. The first kappa shape index (κ1) is 18.7. The van der Waals surface area contributed by atoms with Crippen LogP contribution in [0, 0.1) is 0 Å². The number of hydrogen-bond acceptors (Lipinski definition) is 3. The molecule has 2 N–H and O–H groups in total. The van der Waals surface area contributed by atoms with Gasteiger partial charge in [0, 0.05) is 5.56 Å². The molecular formula is C23H23NO3. The van der Waals surface area contributed by atoms with Gasteiger partial charge in [0.05, 0.1) is 0 Å². The van der Waals surface area contributed by atoms with Crippen molar-refractivity contribution in [2.24, 2.45) is 0 Å². The average Bonchev–Trinajstić information content (AvgIpc) is 2.74. The lowest BCUT2D eigenvalue weighted by atomic mass is 10.0. The number of rotatable bonds is 8. The van der Waals surface area contributed by atoms with Crippen molar-refractivity contribution in [1.29, 1.82) is 0 Å². The Labute approximate surface area is 159 Å². The van der Waals surface area contributed by atoms with E-state index in [9.17, 15) is 4.79 Å². The number of nitrogens with one attached hydrogen (secondary N) is 1. The Morgan fingerprint density at radius 3 is 2.26 bits per heavy atom. The molecule has 3 aromatic rings. The highest BCUT2D eigenvalue weighted by Gasteiger charge is 2.06. The second-order valence-electron chi connectivity index (χ2n) is 6.37. The Morgan fingerprint density at radius 1 is 0.815 bits per heavy atom. The van der Waals surface area contributed by atoms with Crippen LogP contribution in [-0.2, 0) is 19.4 Å². The van der Waals surface area contributed by atoms with Crippen molar-refractivity contribution in [3.8, 4) is 5.75 Å². The predicted molar refractivity (Wildman–Crippen MR) is 105 cm³/mol. The van der Waals surface area contributed by atoms with E-state index in [0.717, 1.165) is 36.1 Å². The Kier molecular flexibility index (Phi) is 6.61. The van der Waals surface area contributed by atoms with Crippen molar-refractivity contribution < 1.29 is 14.7 Å². The van der Waals surface area contributed by atoms with Crippen molar-refractivity contribution in [2.45, 2.75) is 25.9 Å². The molecule has 4 heteroatoms. The summed E-state index contributed by atoms with van der Waals surface area (Å²) in [6.45, 7) is 0.562. The maximum atomic E-state index is 11.4. The molecule has 0 spiro atoms. The highest BCUT2D eigenvalue weighted by atomic mass is 16.5. The van der Waals surface area contributed by atoms with E-state index in [1.165, 1.54) is 5.56 Å². The zero-order valence-corrected chi connectivity index (χ0v) is 15.1. The number of aryl methyl sites for hydroxylation is 2. The minimum atomic E-state index is -0.494. The second-order valence-corrected chi connectivity index (χ2v) is 6.37. The van der Waals surface area contributed by atoms with Gasteiger partial charge in [-0.25, -0.2) is 5.48 Å². The number of benzene rings is 3. The molecule has 0 aliphatic heterocycles. The van der Waals surface area contributed by atoms with Gasteiger partial charge in [-0.3, -0.25) is 10.0 Å². The molecule has 0 saturated carbocycles. The van der Waals surface area contributed by atoms with Crippen molar-refractivity contribution in [3.63, 3.8) is 0 Å². The minimum absolute atomic E-state index is 0.445. The van der Waals surface area contributed by atoms with E-state index in [1.807, 2.05) is 48.5 Å². The van der Waals surface area contributed by atoms with E-state index in [-0.39, 0.29) is 0 Å². The molecule has 0 atom stereocenters. The molecule has 0 aliphatic carbocycles. The van der Waals surface area contributed by atoms with Crippen molar-refractivity contribution in [1.82, 2.24) is 5.48 Å². The summed E-state index contributed by atoms with van der Waals surface area (Å²) < 4.78 is 6.01. The predicted octanol–water partition coefficient (Wildman–Crippen LogP) is 4.56. The van der Waals surface area contributed by atoms with E-state index >= 15 is 0 Å². The van der Waals surface area contributed by atoms with Crippen LogP contribution in [0.25, 0.3) is 0 Å². The van der Waals surface area contributed by atoms with Gasteiger partial charge >= 0.3 is 0 Å². The van der Waals surface area contributed by atoms with E-state index in [4.69, 9.17) is 9.94 Å². The third-order valence-electron chi connectivity index (χ3n) is 4.44. The van der Waals surface area contributed by atoms with Crippen LogP contribution >= 0.6 is 0 Å². The van der Waals surface area contributed by atoms with Crippen LogP contribution in [0.15, 0.2) is 78.9 Å². The lowest BCUT2D eigenvalue weighted by Crippen LogP contribution is -2.18. The number of carbonyl (C=O) groups excluding carboxylic acids is 1. The molecule has 0 saturated heterocycles. The van der Waals surface area contributed by atoms with Gasteiger partial charge in [-0.05, 0) is 54.2 Å². The Balaban J connectivity index is 1.54. The fourth-order valence-corrected chi connectivity index (χ4v) is 2.96. The van der Waals surface area contributed by atoms with E-state index < -0.39 is 5.91 Å². The van der Waals surface area contributed by atoms with Crippen molar-refractivity contribution >= 4 is 5.91 Å². The van der Waals surface area contributed by atoms with Crippen molar-refractivity contribution in [2.75, 3.05) is 0 Å². The van der Waals surface area contributed by atoms with Crippen LogP contribution in [-0.4, -0.2) is 11.1 Å². The summed E-state index contributed by atoms with van der Waals surface area (Å²) in [5.41, 5.74) is 5.60. The molecule has 4 nitrogen and oxygen atoms in total. The smallest absolute Gasteiger partial charge is 0.274 e. The molecule has 3 rings (SSSR count). The molecule has 0 aliphatic rings.